The lowest BCUT2D eigenvalue weighted by Crippen LogP contribution is -2.66. The molecule has 0 aromatic heterocycles. The van der Waals surface area contributed by atoms with Crippen LogP contribution in [0.25, 0.3) is 0 Å². The number of rotatable bonds is 8. The van der Waals surface area contributed by atoms with Gasteiger partial charge in [0.05, 0.1) is 6.61 Å². The first-order valence-electron chi connectivity index (χ1n) is 9.28. The molecule has 0 radical (unpaired) electrons. The molecule has 1 heterocycles. The van der Waals surface area contributed by atoms with Gasteiger partial charge in [0.1, 0.15) is 12.7 Å². The Morgan fingerprint density at radius 2 is 1.30 bits per heavy atom. The summed E-state index contributed by atoms with van der Waals surface area (Å²) in [6.07, 6.45) is -6.84. The minimum Gasteiger partial charge on any atom is -0.463 e. The van der Waals surface area contributed by atoms with Gasteiger partial charge >= 0.3 is 30.0 Å². The van der Waals surface area contributed by atoms with E-state index in [9.17, 15) is 24.0 Å². The number of alkyl carbamates (subject to hydrolysis) is 1. The van der Waals surface area contributed by atoms with Gasteiger partial charge in [-0.15, -0.1) is 0 Å². The van der Waals surface area contributed by atoms with Crippen molar-refractivity contribution in [3.63, 3.8) is 0 Å². The fraction of sp³-hybridized carbons (Fsp3) is 0.722. The molecule has 1 aliphatic heterocycles. The molecule has 170 valence electrons. The second-order valence-electron chi connectivity index (χ2n) is 6.40. The van der Waals surface area contributed by atoms with E-state index in [0.29, 0.717) is 6.42 Å². The first kappa shape index (κ1) is 25.1. The third kappa shape index (κ3) is 8.23. The van der Waals surface area contributed by atoms with Gasteiger partial charge in [0.2, 0.25) is 0 Å². The van der Waals surface area contributed by atoms with Crippen molar-refractivity contribution in [2.45, 2.75) is 71.7 Å². The van der Waals surface area contributed by atoms with E-state index < -0.39 is 60.6 Å². The van der Waals surface area contributed by atoms with Crippen molar-refractivity contribution in [3.8, 4) is 0 Å². The molecule has 30 heavy (non-hydrogen) atoms. The zero-order valence-corrected chi connectivity index (χ0v) is 17.5. The summed E-state index contributed by atoms with van der Waals surface area (Å²) in [5, 5.41) is 2.37. The van der Waals surface area contributed by atoms with Gasteiger partial charge in [-0.25, -0.2) is 4.79 Å². The zero-order chi connectivity index (χ0) is 22.8. The Hall–Kier alpha value is -2.89. The topological polar surface area (TPSA) is 153 Å². The molecular formula is C18H27NO11. The number of amides is 1. The van der Waals surface area contributed by atoms with E-state index in [4.69, 9.17) is 28.4 Å². The summed E-state index contributed by atoms with van der Waals surface area (Å²) in [4.78, 5) is 58.2. The number of nitrogens with one attached hydrogen (secondary N) is 1. The highest BCUT2D eigenvalue weighted by Gasteiger charge is 2.52. The summed E-state index contributed by atoms with van der Waals surface area (Å²) < 4.78 is 31.2. The summed E-state index contributed by atoms with van der Waals surface area (Å²) in [5.74, 6) is -2.92. The van der Waals surface area contributed by atoms with Crippen molar-refractivity contribution >= 4 is 30.0 Å². The summed E-state index contributed by atoms with van der Waals surface area (Å²) in [7, 11) is 0. The Kier molecular flexibility index (Phi) is 10.0. The minimum atomic E-state index is -1.38. The van der Waals surface area contributed by atoms with Crippen LogP contribution in [-0.4, -0.2) is 73.8 Å². The van der Waals surface area contributed by atoms with Crippen LogP contribution in [0.3, 0.4) is 0 Å². The first-order valence-corrected chi connectivity index (χ1v) is 9.28. The summed E-state index contributed by atoms with van der Waals surface area (Å²) in [6.45, 7) is 6.00. The number of esters is 4. The lowest BCUT2D eigenvalue weighted by atomic mass is 9.97. The molecule has 1 N–H and O–H groups in total. The Bertz CT molecular complexity index is 650. The Balaban J connectivity index is 3.27. The van der Waals surface area contributed by atoms with Gasteiger partial charge in [-0.3, -0.25) is 24.5 Å². The molecule has 1 amide bonds. The lowest BCUT2D eigenvalue weighted by molar-refractivity contribution is -0.256. The highest BCUT2D eigenvalue weighted by molar-refractivity contribution is 5.70. The normalized spacial score (nSPS) is 25.4. The van der Waals surface area contributed by atoms with Crippen LogP contribution in [0.1, 0.15) is 41.0 Å². The van der Waals surface area contributed by atoms with E-state index in [1.807, 2.05) is 0 Å². The van der Waals surface area contributed by atoms with Crippen molar-refractivity contribution in [1.82, 2.24) is 5.32 Å². The van der Waals surface area contributed by atoms with Gasteiger partial charge in [0.25, 0.3) is 0 Å². The number of ether oxygens (including phenoxy) is 6. The summed E-state index contributed by atoms with van der Waals surface area (Å²) in [5.41, 5.74) is 0. The third-order valence-electron chi connectivity index (χ3n) is 3.69. The monoisotopic (exact) mass is 433 g/mol. The highest BCUT2D eigenvalue weighted by Crippen LogP contribution is 2.28. The van der Waals surface area contributed by atoms with Crippen molar-refractivity contribution < 1.29 is 52.4 Å². The van der Waals surface area contributed by atoms with Gasteiger partial charge in [0.15, 0.2) is 24.5 Å². The molecule has 12 nitrogen and oxygen atoms in total. The molecule has 5 atom stereocenters. The standard InChI is InChI=1S/C18H27NO11/c1-6-7-25-18(24)19-17-16(29-12(5)23)15(28-11(4)22)14(27-10(3)21)13(30-17)8-26-9(2)20/h13-17H,6-8H2,1-5H3,(H,19,24)/t13-,14+,15-,16+,17-/m1/s1. The molecule has 12 heteroatoms. The van der Waals surface area contributed by atoms with Crippen LogP contribution < -0.4 is 5.32 Å². The maximum absolute atomic E-state index is 12.0. The molecule has 0 aromatic carbocycles. The predicted octanol–water partition coefficient (Wildman–Crippen LogP) is 0.206. The van der Waals surface area contributed by atoms with Crippen molar-refractivity contribution in [1.29, 1.82) is 0 Å². The number of hydrogen-bond acceptors (Lipinski definition) is 11. The van der Waals surface area contributed by atoms with Crippen molar-refractivity contribution in [2.75, 3.05) is 13.2 Å². The van der Waals surface area contributed by atoms with E-state index in [0.717, 1.165) is 27.7 Å². The quantitative estimate of drug-likeness (QED) is 0.413. The Morgan fingerprint density at radius 3 is 1.80 bits per heavy atom. The van der Waals surface area contributed by atoms with Gasteiger partial charge in [-0.1, -0.05) is 6.92 Å². The van der Waals surface area contributed by atoms with Gasteiger partial charge in [-0.2, -0.15) is 0 Å². The van der Waals surface area contributed by atoms with Crippen molar-refractivity contribution in [3.05, 3.63) is 0 Å². The zero-order valence-electron chi connectivity index (χ0n) is 17.5. The maximum Gasteiger partial charge on any atom is 0.409 e. The smallest absolute Gasteiger partial charge is 0.409 e. The van der Waals surface area contributed by atoms with Crippen LogP contribution >= 0.6 is 0 Å². The molecule has 1 rings (SSSR count). The number of carbonyl (C=O) groups excluding carboxylic acids is 5. The van der Waals surface area contributed by atoms with E-state index >= 15 is 0 Å². The maximum atomic E-state index is 12.0. The van der Waals surface area contributed by atoms with E-state index in [2.05, 4.69) is 5.32 Å². The number of hydrogen-bond donors (Lipinski definition) is 1. The van der Waals surface area contributed by atoms with Crippen LogP contribution in [0.15, 0.2) is 0 Å². The average Bonchev–Trinajstić information content (AvgIpc) is 2.62. The van der Waals surface area contributed by atoms with Crippen molar-refractivity contribution in [2.24, 2.45) is 0 Å². The molecule has 1 saturated heterocycles. The largest absolute Gasteiger partial charge is 0.463 e. The third-order valence-corrected chi connectivity index (χ3v) is 3.69. The fourth-order valence-electron chi connectivity index (χ4n) is 2.70. The van der Waals surface area contributed by atoms with Crippen LogP contribution in [0.5, 0.6) is 0 Å². The van der Waals surface area contributed by atoms with Gasteiger partial charge in [0, 0.05) is 27.7 Å². The average molecular weight is 433 g/mol. The highest BCUT2D eigenvalue weighted by atomic mass is 16.7. The molecule has 0 unspecified atom stereocenters. The van der Waals surface area contributed by atoms with Crippen LogP contribution in [0, 0.1) is 0 Å². The SMILES string of the molecule is CCCOC(=O)N[C@@H]1O[C@H](COC(C)=O)[C@H](OC(C)=O)[C@@H](OC(C)=O)[C@@H]1OC(C)=O. The van der Waals surface area contributed by atoms with Gasteiger partial charge in [-0.05, 0) is 6.42 Å². The minimum absolute atomic E-state index is 0.122. The van der Waals surface area contributed by atoms with Crippen LogP contribution in [0.4, 0.5) is 4.79 Å². The second kappa shape index (κ2) is 12.0. The predicted molar refractivity (Wildman–Crippen MR) is 96.7 cm³/mol. The molecule has 0 saturated carbocycles. The summed E-state index contributed by atoms with van der Waals surface area (Å²) >= 11 is 0. The van der Waals surface area contributed by atoms with E-state index in [1.54, 1.807) is 6.92 Å². The lowest BCUT2D eigenvalue weighted by Gasteiger charge is -2.44. The molecule has 1 fully saturated rings. The summed E-state index contributed by atoms with van der Waals surface area (Å²) in [6, 6.07) is 0. The second-order valence-corrected chi connectivity index (χ2v) is 6.40. The molecule has 0 bridgehead atoms. The first-order chi connectivity index (χ1) is 14.0. The van der Waals surface area contributed by atoms with E-state index in [-0.39, 0.29) is 13.2 Å². The molecule has 1 aliphatic rings. The molecular weight excluding hydrogens is 406 g/mol. The Labute approximate surface area is 173 Å². The molecule has 0 aliphatic carbocycles. The Morgan fingerprint density at radius 1 is 0.767 bits per heavy atom. The van der Waals surface area contributed by atoms with Crippen LogP contribution in [-0.2, 0) is 47.6 Å². The van der Waals surface area contributed by atoms with Gasteiger partial charge < -0.3 is 28.4 Å². The fourth-order valence-corrected chi connectivity index (χ4v) is 2.70. The number of carbonyl (C=O) groups is 5. The molecule has 0 aromatic rings. The van der Waals surface area contributed by atoms with E-state index in [1.165, 1.54) is 0 Å². The van der Waals surface area contributed by atoms with Crippen LogP contribution in [0.2, 0.25) is 0 Å². The molecule has 0 spiro atoms.